The molecule has 0 atom stereocenters. The van der Waals surface area contributed by atoms with Crippen LogP contribution in [-0.2, 0) is 0 Å². The van der Waals surface area contributed by atoms with E-state index in [4.69, 9.17) is 0 Å². The molecule has 0 radical (unpaired) electrons. The number of nitrogens with zero attached hydrogens (tertiary/aromatic N) is 2. The van der Waals surface area contributed by atoms with Crippen LogP contribution in [-0.4, -0.2) is 14.5 Å². The number of aromatic amines is 1. The van der Waals surface area contributed by atoms with Crippen LogP contribution in [0.25, 0.3) is 16.9 Å². The Hall–Kier alpha value is -3.34. The van der Waals surface area contributed by atoms with Gasteiger partial charge in [-0.3, -0.25) is 0 Å². The van der Waals surface area contributed by atoms with Crippen LogP contribution in [0, 0.1) is 6.92 Å². The molecular formula is C19H16N4O. The molecule has 0 amide bonds. The second-order valence-corrected chi connectivity index (χ2v) is 5.64. The standard InChI is InChI=1S/C19H16N4O/c1-13-7-5-6-10-16(13)21-14-11-17-18(20-12-14)23(19(24)22-17)15-8-3-2-4-9-15/h2-12,21H,1H3,(H,22,24). The summed E-state index contributed by atoms with van der Waals surface area (Å²) in [5.74, 6) is 0. The number of aryl methyl sites for hydroxylation is 1. The maximum Gasteiger partial charge on any atom is 0.332 e. The summed E-state index contributed by atoms with van der Waals surface area (Å²) in [5.41, 5.74) is 4.90. The van der Waals surface area contributed by atoms with Gasteiger partial charge in [-0.2, -0.15) is 0 Å². The zero-order valence-corrected chi connectivity index (χ0v) is 13.2. The molecule has 0 aliphatic rings. The van der Waals surface area contributed by atoms with Gasteiger partial charge >= 0.3 is 5.69 Å². The summed E-state index contributed by atoms with van der Waals surface area (Å²) >= 11 is 0. The van der Waals surface area contributed by atoms with Crippen molar-refractivity contribution in [2.75, 3.05) is 5.32 Å². The van der Waals surface area contributed by atoms with Crippen LogP contribution in [0.2, 0.25) is 0 Å². The first-order valence-electron chi connectivity index (χ1n) is 7.71. The van der Waals surface area contributed by atoms with Crippen molar-refractivity contribution >= 4 is 22.5 Å². The molecule has 0 unspecified atom stereocenters. The van der Waals surface area contributed by atoms with Crippen molar-refractivity contribution in [1.82, 2.24) is 14.5 Å². The molecule has 24 heavy (non-hydrogen) atoms. The van der Waals surface area contributed by atoms with E-state index in [0.717, 1.165) is 22.6 Å². The number of hydrogen-bond acceptors (Lipinski definition) is 3. The number of nitrogens with one attached hydrogen (secondary N) is 2. The summed E-state index contributed by atoms with van der Waals surface area (Å²) < 4.78 is 1.58. The van der Waals surface area contributed by atoms with Crippen molar-refractivity contribution in [3.8, 4) is 5.69 Å². The van der Waals surface area contributed by atoms with Gasteiger partial charge in [0.05, 0.1) is 23.1 Å². The maximum absolute atomic E-state index is 12.3. The fourth-order valence-corrected chi connectivity index (χ4v) is 2.75. The number of benzene rings is 2. The van der Waals surface area contributed by atoms with Crippen LogP contribution in [0.3, 0.4) is 0 Å². The van der Waals surface area contributed by atoms with Crippen LogP contribution in [0.4, 0.5) is 11.4 Å². The monoisotopic (exact) mass is 316 g/mol. The van der Waals surface area contributed by atoms with Crippen LogP contribution in [0.5, 0.6) is 0 Å². The molecule has 2 aromatic heterocycles. The van der Waals surface area contributed by atoms with E-state index < -0.39 is 0 Å². The lowest BCUT2D eigenvalue weighted by atomic mass is 10.2. The topological polar surface area (TPSA) is 62.7 Å². The van der Waals surface area contributed by atoms with Crippen molar-refractivity contribution in [3.05, 3.63) is 82.9 Å². The largest absolute Gasteiger partial charge is 0.354 e. The molecule has 0 aliphatic heterocycles. The predicted octanol–water partition coefficient (Wildman–Crippen LogP) is 3.77. The van der Waals surface area contributed by atoms with Crippen molar-refractivity contribution < 1.29 is 0 Å². The predicted molar refractivity (Wildman–Crippen MR) is 96.2 cm³/mol. The third-order valence-corrected chi connectivity index (χ3v) is 3.96. The van der Waals surface area contributed by atoms with Gasteiger partial charge in [0.1, 0.15) is 0 Å². The van der Waals surface area contributed by atoms with E-state index in [1.807, 2.05) is 67.6 Å². The lowest BCUT2D eigenvalue weighted by molar-refractivity contribution is 1.00. The Morgan fingerprint density at radius 1 is 1.04 bits per heavy atom. The summed E-state index contributed by atoms with van der Waals surface area (Å²) in [6.45, 7) is 2.04. The highest BCUT2D eigenvalue weighted by molar-refractivity contribution is 5.78. The Morgan fingerprint density at radius 2 is 1.79 bits per heavy atom. The number of rotatable bonds is 3. The van der Waals surface area contributed by atoms with Gasteiger partial charge in [-0.25, -0.2) is 14.3 Å². The molecule has 4 rings (SSSR count). The molecule has 0 bridgehead atoms. The van der Waals surface area contributed by atoms with Gasteiger partial charge in [0.2, 0.25) is 0 Å². The molecule has 5 heteroatoms. The van der Waals surface area contributed by atoms with E-state index in [1.54, 1.807) is 10.8 Å². The van der Waals surface area contributed by atoms with Crippen LogP contribution >= 0.6 is 0 Å². The minimum atomic E-state index is -0.197. The first-order valence-corrected chi connectivity index (χ1v) is 7.71. The van der Waals surface area contributed by atoms with Crippen molar-refractivity contribution in [2.24, 2.45) is 0 Å². The SMILES string of the molecule is Cc1ccccc1Nc1cnc2c(c1)[nH]c(=O)n2-c1ccccc1. The van der Waals surface area contributed by atoms with Crippen LogP contribution < -0.4 is 11.0 Å². The molecule has 118 valence electrons. The molecule has 2 aromatic carbocycles. The Balaban J connectivity index is 1.78. The lowest BCUT2D eigenvalue weighted by Crippen LogP contribution is -2.14. The number of fused-ring (bicyclic) bond motifs is 1. The molecule has 0 fully saturated rings. The molecule has 0 aliphatic carbocycles. The van der Waals surface area contributed by atoms with Gasteiger partial charge in [0, 0.05) is 5.69 Å². The highest BCUT2D eigenvalue weighted by Gasteiger charge is 2.10. The fourth-order valence-electron chi connectivity index (χ4n) is 2.75. The first kappa shape index (κ1) is 14.3. The second kappa shape index (κ2) is 5.70. The smallest absolute Gasteiger partial charge is 0.332 e. The molecule has 0 spiro atoms. The number of pyridine rings is 1. The minimum Gasteiger partial charge on any atom is -0.354 e. The number of para-hydroxylation sites is 2. The van der Waals surface area contributed by atoms with E-state index in [0.29, 0.717) is 11.2 Å². The summed E-state index contributed by atoms with van der Waals surface area (Å²) in [6.07, 6.45) is 1.74. The zero-order valence-electron chi connectivity index (χ0n) is 13.2. The van der Waals surface area contributed by atoms with Gasteiger partial charge in [-0.05, 0) is 36.8 Å². The summed E-state index contributed by atoms with van der Waals surface area (Å²) in [7, 11) is 0. The van der Waals surface area contributed by atoms with Crippen LogP contribution in [0.1, 0.15) is 5.56 Å². The van der Waals surface area contributed by atoms with E-state index in [-0.39, 0.29) is 5.69 Å². The van der Waals surface area contributed by atoms with Crippen molar-refractivity contribution in [2.45, 2.75) is 6.92 Å². The van der Waals surface area contributed by atoms with Crippen LogP contribution in [0.15, 0.2) is 71.7 Å². The molecular weight excluding hydrogens is 300 g/mol. The molecule has 0 saturated heterocycles. The molecule has 0 saturated carbocycles. The molecule has 2 N–H and O–H groups in total. The number of anilines is 2. The Bertz CT molecular complexity index is 1060. The number of imidazole rings is 1. The minimum absolute atomic E-state index is 0.197. The quantitative estimate of drug-likeness (QED) is 0.605. The summed E-state index contributed by atoms with van der Waals surface area (Å²) in [4.78, 5) is 19.7. The van der Waals surface area contributed by atoms with Gasteiger partial charge in [-0.15, -0.1) is 0 Å². The number of hydrogen-bond donors (Lipinski definition) is 2. The van der Waals surface area contributed by atoms with E-state index >= 15 is 0 Å². The molecule has 2 heterocycles. The molecule has 5 nitrogen and oxygen atoms in total. The average molecular weight is 316 g/mol. The molecule has 4 aromatic rings. The van der Waals surface area contributed by atoms with Gasteiger partial charge < -0.3 is 10.3 Å². The average Bonchev–Trinajstić information content (AvgIpc) is 2.93. The van der Waals surface area contributed by atoms with Gasteiger partial charge in [0.25, 0.3) is 0 Å². The first-order chi connectivity index (χ1) is 11.7. The summed E-state index contributed by atoms with van der Waals surface area (Å²) in [6, 6.07) is 19.4. The summed E-state index contributed by atoms with van der Waals surface area (Å²) in [5, 5.41) is 3.34. The van der Waals surface area contributed by atoms with E-state index in [9.17, 15) is 4.79 Å². The number of aromatic nitrogens is 3. The fraction of sp³-hybridized carbons (Fsp3) is 0.0526. The van der Waals surface area contributed by atoms with Crippen molar-refractivity contribution in [3.63, 3.8) is 0 Å². The number of H-pyrrole nitrogens is 1. The highest BCUT2D eigenvalue weighted by Crippen LogP contribution is 2.22. The Morgan fingerprint density at radius 3 is 2.58 bits per heavy atom. The highest BCUT2D eigenvalue weighted by atomic mass is 16.1. The van der Waals surface area contributed by atoms with Gasteiger partial charge in [-0.1, -0.05) is 36.4 Å². The van der Waals surface area contributed by atoms with Crippen molar-refractivity contribution in [1.29, 1.82) is 0 Å². The Labute approximate surface area is 138 Å². The third kappa shape index (κ3) is 2.46. The third-order valence-electron chi connectivity index (χ3n) is 3.96. The zero-order chi connectivity index (χ0) is 16.5. The normalized spacial score (nSPS) is 10.9. The Kier molecular flexibility index (Phi) is 3.39. The maximum atomic E-state index is 12.3. The lowest BCUT2D eigenvalue weighted by Gasteiger charge is -2.09. The van der Waals surface area contributed by atoms with E-state index in [2.05, 4.69) is 15.3 Å². The van der Waals surface area contributed by atoms with E-state index in [1.165, 1.54) is 0 Å². The second-order valence-electron chi connectivity index (χ2n) is 5.64. The van der Waals surface area contributed by atoms with Gasteiger partial charge in [0.15, 0.2) is 5.65 Å².